The van der Waals surface area contributed by atoms with Crippen molar-refractivity contribution in [3.63, 3.8) is 0 Å². The number of aromatic hydroxyl groups is 1. The van der Waals surface area contributed by atoms with Crippen molar-refractivity contribution in [3.05, 3.63) is 61.2 Å². The van der Waals surface area contributed by atoms with Gasteiger partial charge in [-0.25, -0.2) is 0 Å². The maximum atomic E-state index is 11.2. The molecular weight excluding hydrogens is 316 g/mol. The molecule has 120 valence electrons. The average Bonchev–Trinajstić information content (AvgIpc) is 2.48. The molecular formula is C17H17ClN2O3. The molecule has 0 aliphatic rings. The van der Waals surface area contributed by atoms with Gasteiger partial charge in [0.1, 0.15) is 0 Å². The van der Waals surface area contributed by atoms with E-state index >= 15 is 0 Å². The van der Waals surface area contributed by atoms with Crippen LogP contribution in [0.4, 0.5) is 11.4 Å². The number of phenols is 1. The smallest absolute Gasteiger partial charge is 0.315 e. The molecule has 2 rings (SSSR count). The summed E-state index contributed by atoms with van der Waals surface area (Å²) in [6.45, 7) is 7.19. The predicted molar refractivity (Wildman–Crippen MR) is 92.4 cm³/mol. The fourth-order valence-electron chi connectivity index (χ4n) is 2.31. The molecule has 1 N–H and O–H groups in total. The Balaban J connectivity index is 2.57. The summed E-state index contributed by atoms with van der Waals surface area (Å²) in [5.74, 6) is -0.415. The van der Waals surface area contributed by atoms with Crippen molar-refractivity contribution >= 4 is 29.2 Å². The molecule has 0 heterocycles. The van der Waals surface area contributed by atoms with Crippen molar-refractivity contribution in [2.45, 2.75) is 27.7 Å². The molecule has 5 nitrogen and oxygen atoms in total. The minimum atomic E-state index is -0.636. The van der Waals surface area contributed by atoms with Crippen LogP contribution in [0.1, 0.15) is 27.8 Å². The topological polar surface area (TPSA) is 75.7 Å². The minimum Gasteiger partial charge on any atom is -0.502 e. The maximum Gasteiger partial charge on any atom is 0.315 e. The van der Waals surface area contributed by atoms with Crippen LogP contribution in [-0.2, 0) is 0 Å². The maximum absolute atomic E-state index is 11.2. The Kier molecular flexibility index (Phi) is 4.71. The number of benzene rings is 2. The van der Waals surface area contributed by atoms with E-state index in [-0.39, 0.29) is 21.8 Å². The van der Waals surface area contributed by atoms with Gasteiger partial charge in [0, 0.05) is 17.3 Å². The molecule has 0 amide bonds. The molecule has 0 atom stereocenters. The largest absolute Gasteiger partial charge is 0.502 e. The molecule has 0 aliphatic heterocycles. The highest BCUT2D eigenvalue weighted by atomic mass is 35.5. The van der Waals surface area contributed by atoms with Gasteiger partial charge < -0.3 is 5.11 Å². The summed E-state index contributed by atoms with van der Waals surface area (Å²) in [6.07, 6.45) is 1.41. The third-order valence-electron chi connectivity index (χ3n) is 3.91. The van der Waals surface area contributed by atoms with E-state index in [9.17, 15) is 15.2 Å². The van der Waals surface area contributed by atoms with E-state index in [0.717, 1.165) is 11.1 Å². The number of aliphatic imine (C=N–C) groups is 1. The molecule has 0 radical (unpaired) electrons. The van der Waals surface area contributed by atoms with Crippen LogP contribution >= 0.6 is 11.6 Å². The summed E-state index contributed by atoms with van der Waals surface area (Å²) in [4.78, 5) is 14.8. The molecule has 0 bridgehead atoms. The standard InChI is InChI=1S/C17H17ClN2O3/c1-9-5-6-13(7-10(9)2)19-8-14-11(3)15(18)12(4)16(17(14)21)20(22)23/h5-8,21H,1-4H3. The van der Waals surface area contributed by atoms with Gasteiger partial charge in [-0.2, -0.15) is 0 Å². The zero-order valence-electron chi connectivity index (χ0n) is 13.3. The van der Waals surface area contributed by atoms with Crippen LogP contribution in [0.15, 0.2) is 23.2 Å². The van der Waals surface area contributed by atoms with Crippen molar-refractivity contribution in [1.29, 1.82) is 0 Å². The number of hydrogen-bond acceptors (Lipinski definition) is 4. The number of aryl methyl sites for hydroxylation is 2. The van der Waals surface area contributed by atoms with Gasteiger partial charge in [0.05, 0.1) is 15.6 Å². The molecule has 2 aromatic rings. The highest BCUT2D eigenvalue weighted by Crippen LogP contribution is 2.40. The normalized spacial score (nSPS) is 11.2. The number of nitro benzene ring substituents is 1. The molecule has 0 fully saturated rings. The molecule has 6 heteroatoms. The molecule has 23 heavy (non-hydrogen) atoms. The van der Waals surface area contributed by atoms with Gasteiger partial charge in [0.25, 0.3) is 0 Å². The predicted octanol–water partition coefficient (Wildman–Crippen LogP) is 4.94. The van der Waals surface area contributed by atoms with E-state index in [1.807, 2.05) is 32.0 Å². The number of rotatable bonds is 3. The monoisotopic (exact) mass is 332 g/mol. The van der Waals surface area contributed by atoms with E-state index in [2.05, 4.69) is 4.99 Å². The van der Waals surface area contributed by atoms with Crippen LogP contribution in [0.2, 0.25) is 5.02 Å². The quantitative estimate of drug-likeness (QED) is 0.491. The molecule has 0 unspecified atom stereocenters. The van der Waals surface area contributed by atoms with E-state index in [0.29, 0.717) is 11.3 Å². The lowest BCUT2D eigenvalue weighted by Gasteiger charge is -2.10. The first-order chi connectivity index (χ1) is 10.7. The molecule has 2 aromatic carbocycles. The Labute approximate surface area is 139 Å². The minimum absolute atomic E-state index is 0.245. The van der Waals surface area contributed by atoms with Crippen molar-refractivity contribution in [2.75, 3.05) is 0 Å². The molecule has 0 spiro atoms. The summed E-state index contributed by atoms with van der Waals surface area (Å²) in [6, 6.07) is 5.69. The average molecular weight is 333 g/mol. The summed E-state index contributed by atoms with van der Waals surface area (Å²) >= 11 is 6.15. The Morgan fingerprint density at radius 1 is 1.17 bits per heavy atom. The summed E-state index contributed by atoms with van der Waals surface area (Å²) in [7, 11) is 0. The number of nitro groups is 1. The van der Waals surface area contributed by atoms with E-state index in [1.54, 1.807) is 6.92 Å². The Hall–Kier alpha value is -2.40. The lowest BCUT2D eigenvalue weighted by Crippen LogP contribution is -2.00. The van der Waals surface area contributed by atoms with Crippen molar-refractivity contribution in [3.8, 4) is 5.75 Å². The molecule has 0 aliphatic carbocycles. The van der Waals surface area contributed by atoms with Gasteiger partial charge in [-0.1, -0.05) is 17.7 Å². The number of nitrogens with zero attached hydrogens (tertiary/aromatic N) is 2. The summed E-state index contributed by atoms with van der Waals surface area (Å²) < 4.78 is 0. The van der Waals surface area contributed by atoms with Crippen molar-refractivity contribution < 1.29 is 10.0 Å². The van der Waals surface area contributed by atoms with Crippen molar-refractivity contribution in [2.24, 2.45) is 4.99 Å². The van der Waals surface area contributed by atoms with Gasteiger partial charge in [-0.3, -0.25) is 15.1 Å². The first-order valence-corrected chi connectivity index (χ1v) is 7.39. The number of halogens is 1. The third kappa shape index (κ3) is 3.19. The number of hydrogen-bond donors (Lipinski definition) is 1. The van der Waals surface area contributed by atoms with Gasteiger partial charge in [-0.15, -0.1) is 0 Å². The second kappa shape index (κ2) is 6.38. The van der Waals surface area contributed by atoms with Crippen LogP contribution < -0.4 is 0 Å². The summed E-state index contributed by atoms with van der Waals surface area (Å²) in [5, 5.41) is 21.6. The Morgan fingerprint density at radius 3 is 2.39 bits per heavy atom. The third-order valence-corrected chi connectivity index (χ3v) is 4.48. The summed E-state index contributed by atoms with van der Waals surface area (Å²) in [5.41, 5.74) is 3.61. The van der Waals surface area contributed by atoms with E-state index < -0.39 is 10.7 Å². The zero-order chi connectivity index (χ0) is 17.3. The van der Waals surface area contributed by atoms with Gasteiger partial charge >= 0.3 is 5.69 Å². The zero-order valence-corrected chi connectivity index (χ0v) is 14.1. The molecule has 0 saturated heterocycles. The fraction of sp³-hybridized carbons (Fsp3) is 0.235. The van der Waals surface area contributed by atoms with Crippen LogP contribution in [0, 0.1) is 37.8 Å². The van der Waals surface area contributed by atoms with Crippen LogP contribution in [0.3, 0.4) is 0 Å². The van der Waals surface area contributed by atoms with Crippen LogP contribution in [-0.4, -0.2) is 16.2 Å². The van der Waals surface area contributed by atoms with Gasteiger partial charge in [-0.05, 0) is 56.5 Å². The van der Waals surface area contributed by atoms with Crippen LogP contribution in [0.25, 0.3) is 0 Å². The second-order valence-corrected chi connectivity index (χ2v) is 5.84. The Morgan fingerprint density at radius 2 is 1.83 bits per heavy atom. The first kappa shape index (κ1) is 17.0. The lowest BCUT2D eigenvalue weighted by atomic mass is 10.0. The highest BCUT2D eigenvalue weighted by molar-refractivity contribution is 6.33. The van der Waals surface area contributed by atoms with E-state index in [4.69, 9.17) is 11.6 Å². The van der Waals surface area contributed by atoms with Gasteiger partial charge in [0.2, 0.25) is 5.75 Å². The van der Waals surface area contributed by atoms with Crippen molar-refractivity contribution in [1.82, 2.24) is 0 Å². The van der Waals surface area contributed by atoms with Gasteiger partial charge in [0.15, 0.2) is 0 Å². The van der Waals surface area contributed by atoms with E-state index in [1.165, 1.54) is 13.1 Å². The lowest BCUT2D eigenvalue weighted by molar-refractivity contribution is -0.386. The number of phenolic OH excluding ortho intramolecular Hbond substituents is 1. The highest BCUT2D eigenvalue weighted by Gasteiger charge is 2.25. The molecule has 0 aromatic heterocycles. The van der Waals surface area contributed by atoms with Crippen LogP contribution in [0.5, 0.6) is 5.75 Å². The first-order valence-electron chi connectivity index (χ1n) is 7.01. The fourth-order valence-corrected chi connectivity index (χ4v) is 2.50. The Bertz CT molecular complexity index is 829. The second-order valence-electron chi connectivity index (χ2n) is 5.46. The SMILES string of the molecule is Cc1ccc(N=Cc2c(C)c(Cl)c(C)c([N+](=O)[O-])c2O)cc1C. The molecule has 0 saturated carbocycles.